The molecule has 0 aliphatic carbocycles. The zero-order chi connectivity index (χ0) is 16.2. The molecule has 0 radical (unpaired) electrons. The molecular formula is C17H19NO3S. The van der Waals surface area contributed by atoms with Gasteiger partial charge in [0.2, 0.25) is 0 Å². The fraction of sp³-hybridized carbons (Fsp3) is 0.235. The first-order valence-electron chi connectivity index (χ1n) is 6.92. The van der Waals surface area contributed by atoms with Crippen LogP contribution in [0.4, 0.5) is 0 Å². The Balaban J connectivity index is 2.00. The summed E-state index contributed by atoms with van der Waals surface area (Å²) >= 11 is 0. The highest BCUT2D eigenvalue weighted by atomic mass is 32.2. The lowest BCUT2D eigenvalue weighted by atomic mass is 10.1. The first kappa shape index (κ1) is 16.4. The van der Waals surface area contributed by atoms with Crippen molar-refractivity contribution in [1.29, 1.82) is 0 Å². The molecule has 0 fully saturated rings. The number of likely N-dealkylation sites (N-methyl/N-ethyl adjacent to an activating group) is 1. The van der Waals surface area contributed by atoms with Crippen LogP contribution in [0.15, 0.2) is 59.5 Å². The Bertz CT molecular complexity index is 737. The quantitative estimate of drug-likeness (QED) is 0.768. The number of benzene rings is 2. The van der Waals surface area contributed by atoms with Crippen molar-refractivity contribution in [1.82, 2.24) is 4.90 Å². The highest BCUT2D eigenvalue weighted by Gasteiger charge is 2.12. The lowest BCUT2D eigenvalue weighted by Gasteiger charge is -2.15. The molecule has 2 rings (SSSR count). The summed E-state index contributed by atoms with van der Waals surface area (Å²) in [6.45, 7) is 0.973. The molecule has 22 heavy (non-hydrogen) atoms. The van der Waals surface area contributed by atoms with Gasteiger partial charge < -0.3 is 0 Å². The van der Waals surface area contributed by atoms with Crippen LogP contribution >= 0.6 is 0 Å². The average molecular weight is 317 g/mol. The third kappa shape index (κ3) is 4.51. The summed E-state index contributed by atoms with van der Waals surface area (Å²) in [5, 5.41) is 0. The molecule has 0 amide bonds. The maximum atomic E-state index is 12.2. The van der Waals surface area contributed by atoms with Crippen LogP contribution in [-0.2, 0) is 16.4 Å². The second-order valence-corrected chi connectivity index (χ2v) is 7.39. The third-order valence-corrected chi connectivity index (χ3v) is 4.44. The van der Waals surface area contributed by atoms with Gasteiger partial charge in [-0.05, 0) is 24.7 Å². The molecule has 2 aromatic rings. The van der Waals surface area contributed by atoms with Gasteiger partial charge in [0, 0.05) is 18.4 Å². The zero-order valence-electron chi connectivity index (χ0n) is 12.7. The second-order valence-electron chi connectivity index (χ2n) is 5.38. The van der Waals surface area contributed by atoms with E-state index in [1.54, 1.807) is 12.1 Å². The predicted molar refractivity (Wildman–Crippen MR) is 86.7 cm³/mol. The van der Waals surface area contributed by atoms with Crippen LogP contribution in [-0.4, -0.2) is 38.9 Å². The number of sulfone groups is 1. The van der Waals surface area contributed by atoms with Gasteiger partial charge in [-0.2, -0.15) is 0 Å². The number of Topliss-reactive ketones (excluding diaryl/α,β-unsaturated/α-hetero) is 1. The maximum Gasteiger partial charge on any atom is 0.176 e. The van der Waals surface area contributed by atoms with Crippen LogP contribution in [0.5, 0.6) is 0 Å². The van der Waals surface area contributed by atoms with Crippen molar-refractivity contribution in [2.24, 2.45) is 0 Å². The molecule has 0 aliphatic rings. The Morgan fingerprint density at radius 1 is 1.00 bits per heavy atom. The van der Waals surface area contributed by atoms with Crippen molar-refractivity contribution in [2.75, 3.05) is 19.8 Å². The molecule has 0 heterocycles. The molecule has 0 aromatic heterocycles. The largest absolute Gasteiger partial charge is 0.295 e. The van der Waals surface area contributed by atoms with E-state index in [0.29, 0.717) is 12.1 Å². The first-order chi connectivity index (χ1) is 10.4. The second kappa shape index (κ2) is 6.85. The molecule has 0 aliphatic heterocycles. The monoisotopic (exact) mass is 317 g/mol. The minimum Gasteiger partial charge on any atom is -0.295 e. The van der Waals surface area contributed by atoms with Crippen LogP contribution in [0.1, 0.15) is 15.9 Å². The van der Waals surface area contributed by atoms with Crippen LogP contribution < -0.4 is 0 Å². The van der Waals surface area contributed by atoms with Gasteiger partial charge in [-0.25, -0.2) is 8.42 Å². The first-order valence-corrected chi connectivity index (χ1v) is 8.81. The molecule has 0 bridgehead atoms. The summed E-state index contributed by atoms with van der Waals surface area (Å²) in [4.78, 5) is 14.4. The SMILES string of the molecule is CN(CC(=O)c1ccc(S(C)(=O)=O)cc1)Cc1ccccc1. The topological polar surface area (TPSA) is 54.5 Å². The number of nitrogens with zero attached hydrogens (tertiary/aromatic N) is 1. The van der Waals surface area contributed by atoms with Gasteiger partial charge in [0.15, 0.2) is 15.6 Å². The van der Waals surface area contributed by atoms with Crippen molar-refractivity contribution in [3.8, 4) is 0 Å². The molecule has 116 valence electrons. The van der Waals surface area contributed by atoms with Crippen LogP contribution in [0.3, 0.4) is 0 Å². The standard InChI is InChI=1S/C17H19NO3S/c1-18(12-14-6-4-3-5-7-14)13-17(19)15-8-10-16(11-9-15)22(2,20)21/h3-11H,12-13H2,1-2H3. The van der Waals surface area contributed by atoms with E-state index in [1.807, 2.05) is 42.3 Å². The minimum absolute atomic E-state index is 0.0292. The molecule has 0 spiro atoms. The van der Waals surface area contributed by atoms with E-state index in [2.05, 4.69) is 0 Å². The summed E-state index contributed by atoms with van der Waals surface area (Å²) < 4.78 is 22.8. The summed E-state index contributed by atoms with van der Waals surface area (Å²) in [6, 6.07) is 16.0. The minimum atomic E-state index is -3.23. The third-order valence-electron chi connectivity index (χ3n) is 3.31. The Labute approximate surface area is 131 Å². The van der Waals surface area contributed by atoms with Crippen molar-refractivity contribution < 1.29 is 13.2 Å². The molecule has 0 atom stereocenters. The Morgan fingerprint density at radius 3 is 2.14 bits per heavy atom. The molecule has 0 saturated carbocycles. The van der Waals surface area contributed by atoms with Crippen LogP contribution in [0, 0.1) is 0 Å². The van der Waals surface area contributed by atoms with Gasteiger partial charge in [0.25, 0.3) is 0 Å². The summed E-state index contributed by atoms with van der Waals surface area (Å²) in [7, 11) is -1.35. The molecule has 4 nitrogen and oxygen atoms in total. The molecule has 0 saturated heterocycles. The number of hydrogen-bond acceptors (Lipinski definition) is 4. The van der Waals surface area contributed by atoms with Gasteiger partial charge in [0.05, 0.1) is 11.4 Å². The lowest BCUT2D eigenvalue weighted by molar-refractivity contribution is 0.0943. The highest BCUT2D eigenvalue weighted by Crippen LogP contribution is 2.11. The summed E-state index contributed by atoms with van der Waals surface area (Å²) in [5.74, 6) is -0.0292. The Kier molecular flexibility index (Phi) is 5.11. The zero-order valence-corrected chi connectivity index (χ0v) is 13.5. The van der Waals surface area contributed by atoms with E-state index in [9.17, 15) is 13.2 Å². The maximum absolute atomic E-state index is 12.2. The number of carbonyl (C=O) groups is 1. The van der Waals surface area contributed by atoms with Gasteiger partial charge in [-0.15, -0.1) is 0 Å². The van der Waals surface area contributed by atoms with Crippen molar-refractivity contribution >= 4 is 15.6 Å². The Hall–Kier alpha value is -1.98. The van der Waals surface area contributed by atoms with Crippen molar-refractivity contribution in [3.63, 3.8) is 0 Å². The fourth-order valence-corrected chi connectivity index (χ4v) is 2.81. The van der Waals surface area contributed by atoms with E-state index in [4.69, 9.17) is 0 Å². The molecular weight excluding hydrogens is 298 g/mol. The van der Waals surface area contributed by atoms with Gasteiger partial charge in [0.1, 0.15) is 0 Å². The van der Waals surface area contributed by atoms with Gasteiger partial charge in [-0.1, -0.05) is 42.5 Å². The fourth-order valence-electron chi connectivity index (χ4n) is 2.18. The highest BCUT2D eigenvalue weighted by molar-refractivity contribution is 7.90. The van der Waals surface area contributed by atoms with Crippen molar-refractivity contribution in [3.05, 3.63) is 65.7 Å². The normalized spacial score (nSPS) is 11.6. The molecule has 2 aromatic carbocycles. The van der Waals surface area contributed by atoms with E-state index < -0.39 is 9.84 Å². The smallest absolute Gasteiger partial charge is 0.176 e. The average Bonchev–Trinajstić information content (AvgIpc) is 2.47. The van der Waals surface area contributed by atoms with E-state index in [-0.39, 0.29) is 17.2 Å². The van der Waals surface area contributed by atoms with Crippen LogP contribution in [0.2, 0.25) is 0 Å². The van der Waals surface area contributed by atoms with Gasteiger partial charge >= 0.3 is 0 Å². The van der Waals surface area contributed by atoms with Crippen molar-refractivity contribution in [2.45, 2.75) is 11.4 Å². The van der Waals surface area contributed by atoms with E-state index in [1.165, 1.54) is 12.1 Å². The molecule has 0 N–H and O–H groups in total. The van der Waals surface area contributed by atoms with E-state index in [0.717, 1.165) is 11.8 Å². The van der Waals surface area contributed by atoms with E-state index >= 15 is 0 Å². The number of ketones is 1. The predicted octanol–water partition coefficient (Wildman–Crippen LogP) is 2.40. The number of hydrogen-bond donors (Lipinski definition) is 0. The number of carbonyl (C=O) groups excluding carboxylic acids is 1. The summed E-state index contributed by atoms with van der Waals surface area (Å²) in [5.41, 5.74) is 1.66. The lowest BCUT2D eigenvalue weighted by Crippen LogP contribution is -2.25. The van der Waals surface area contributed by atoms with Gasteiger partial charge in [-0.3, -0.25) is 9.69 Å². The molecule has 0 unspecified atom stereocenters. The van der Waals surface area contributed by atoms with Crippen LogP contribution in [0.25, 0.3) is 0 Å². The Morgan fingerprint density at radius 2 is 1.59 bits per heavy atom. The number of rotatable bonds is 6. The molecule has 5 heteroatoms. The summed E-state index contributed by atoms with van der Waals surface area (Å²) in [6.07, 6.45) is 1.15.